The van der Waals surface area contributed by atoms with Gasteiger partial charge in [0.15, 0.2) is 6.61 Å². The zero-order valence-electron chi connectivity index (χ0n) is 19.0. The molecule has 0 saturated carbocycles. The summed E-state index contributed by atoms with van der Waals surface area (Å²) in [5.74, 6) is -1.52. The highest BCUT2D eigenvalue weighted by atomic mass is 16.5. The van der Waals surface area contributed by atoms with Crippen molar-refractivity contribution in [3.63, 3.8) is 0 Å². The second-order valence-corrected chi connectivity index (χ2v) is 7.39. The Hall–Kier alpha value is -4.46. The first-order valence-electron chi connectivity index (χ1n) is 10.8. The van der Waals surface area contributed by atoms with Crippen molar-refractivity contribution in [3.05, 3.63) is 89.5 Å². The van der Waals surface area contributed by atoms with Crippen LogP contribution in [0.2, 0.25) is 0 Å². The number of hydrogen-bond acceptors (Lipinski definition) is 5. The molecule has 0 bridgehead atoms. The molecular weight excluding hydrogens is 432 g/mol. The van der Waals surface area contributed by atoms with E-state index in [2.05, 4.69) is 21.2 Å². The van der Waals surface area contributed by atoms with Gasteiger partial charge in [0.25, 0.3) is 5.91 Å². The predicted octanol–water partition coefficient (Wildman–Crippen LogP) is 3.66. The van der Waals surface area contributed by atoms with E-state index in [9.17, 15) is 14.4 Å². The molecule has 3 aromatic carbocycles. The first-order chi connectivity index (χ1) is 16.5. The fourth-order valence-electron chi connectivity index (χ4n) is 3.08. The molecule has 0 aliphatic carbocycles. The number of rotatable bonds is 8. The maximum Gasteiger partial charge on any atom is 0.329 e. The molecule has 0 radical (unpaired) electrons. The van der Waals surface area contributed by atoms with Gasteiger partial charge >= 0.3 is 11.8 Å². The van der Waals surface area contributed by atoms with Crippen molar-refractivity contribution >= 4 is 35.3 Å². The van der Waals surface area contributed by atoms with Gasteiger partial charge < -0.3 is 15.4 Å². The summed E-state index contributed by atoms with van der Waals surface area (Å²) in [4.78, 5) is 36.3. The number of anilines is 2. The van der Waals surface area contributed by atoms with E-state index < -0.39 is 11.8 Å². The molecule has 3 amide bonds. The van der Waals surface area contributed by atoms with Gasteiger partial charge in [-0.25, -0.2) is 5.43 Å². The van der Waals surface area contributed by atoms with Crippen LogP contribution in [0.15, 0.2) is 77.9 Å². The fourth-order valence-corrected chi connectivity index (χ4v) is 3.08. The summed E-state index contributed by atoms with van der Waals surface area (Å²) in [6.07, 6.45) is 2.10. The number of carbonyl (C=O) groups is 3. The monoisotopic (exact) mass is 458 g/mol. The Balaban J connectivity index is 1.50. The standard InChI is InChI=1S/C26H26N4O4/c1-3-20-11-5-7-14-23(20)29-25(32)26(33)30-27-16-19-10-8-12-21(15-19)34-17-24(31)28-22-13-6-4-9-18(22)2/h4-16H,3,17H2,1-2H3,(H,28,31)(H,29,32)(H,30,33)/b27-16-. The summed E-state index contributed by atoms with van der Waals surface area (Å²) in [6, 6.07) is 21.6. The summed E-state index contributed by atoms with van der Waals surface area (Å²) in [5.41, 5.74) is 6.03. The van der Waals surface area contributed by atoms with Crippen LogP contribution in [0, 0.1) is 6.92 Å². The molecule has 0 aliphatic heterocycles. The van der Waals surface area contributed by atoms with Gasteiger partial charge in [0, 0.05) is 11.4 Å². The molecule has 3 N–H and O–H groups in total. The lowest BCUT2D eigenvalue weighted by Crippen LogP contribution is -2.32. The molecule has 3 rings (SSSR count). The summed E-state index contributed by atoms with van der Waals surface area (Å²) >= 11 is 0. The highest BCUT2D eigenvalue weighted by molar-refractivity contribution is 6.39. The van der Waals surface area contributed by atoms with Gasteiger partial charge in [0.2, 0.25) is 0 Å². The van der Waals surface area contributed by atoms with Gasteiger partial charge in [-0.3, -0.25) is 14.4 Å². The van der Waals surface area contributed by atoms with Crippen molar-refractivity contribution in [1.29, 1.82) is 0 Å². The largest absolute Gasteiger partial charge is 0.484 e. The molecule has 0 fully saturated rings. The zero-order chi connectivity index (χ0) is 24.3. The summed E-state index contributed by atoms with van der Waals surface area (Å²) < 4.78 is 5.55. The number of hydrogen-bond donors (Lipinski definition) is 3. The number of nitrogens with zero attached hydrogens (tertiary/aromatic N) is 1. The number of amides is 3. The van der Waals surface area contributed by atoms with Crippen molar-refractivity contribution in [2.45, 2.75) is 20.3 Å². The molecule has 0 atom stereocenters. The third-order valence-corrected chi connectivity index (χ3v) is 4.88. The lowest BCUT2D eigenvalue weighted by Gasteiger charge is -2.09. The highest BCUT2D eigenvalue weighted by Gasteiger charge is 2.14. The molecule has 0 unspecified atom stereocenters. The van der Waals surface area contributed by atoms with Crippen LogP contribution in [-0.4, -0.2) is 30.5 Å². The highest BCUT2D eigenvalue weighted by Crippen LogP contribution is 2.16. The van der Waals surface area contributed by atoms with Crippen LogP contribution in [0.5, 0.6) is 5.75 Å². The maximum atomic E-state index is 12.2. The fraction of sp³-hybridized carbons (Fsp3) is 0.154. The third kappa shape index (κ3) is 7.03. The number of carbonyl (C=O) groups excluding carboxylic acids is 3. The van der Waals surface area contributed by atoms with E-state index in [1.54, 1.807) is 36.4 Å². The molecule has 0 spiro atoms. The lowest BCUT2D eigenvalue weighted by atomic mass is 10.1. The predicted molar refractivity (Wildman–Crippen MR) is 132 cm³/mol. The quantitative estimate of drug-likeness (QED) is 0.272. The number of aryl methyl sites for hydroxylation is 2. The minimum Gasteiger partial charge on any atom is -0.484 e. The lowest BCUT2D eigenvalue weighted by molar-refractivity contribution is -0.136. The number of benzene rings is 3. The van der Waals surface area contributed by atoms with E-state index in [0.717, 1.165) is 23.2 Å². The van der Waals surface area contributed by atoms with Crippen LogP contribution < -0.4 is 20.8 Å². The van der Waals surface area contributed by atoms with E-state index in [-0.39, 0.29) is 12.5 Å². The Bertz CT molecular complexity index is 1210. The number of nitrogens with one attached hydrogen (secondary N) is 3. The molecule has 0 saturated heterocycles. The molecule has 174 valence electrons. The zero-order valence-corrected chi connectivity index (χ0v) is 19.0. The van der Waals surface area contributed by atoms with Crippen LogP contribution in [-0.2, 0) is 20.8 Å². The van der Waals surface area contributed by atoms with Crippen LogP contribution in [0.4, 0.5) is 11.4 Å². The second kappa shape index (κ2) is 12.0. The van der Waals surface area contributed by atoms with Crippen molar-refractivity contribution < 1.29 is 19.1 Å². The molecule has 3 aromatic rings. The van der Waals surface area contributed by atoms with Gasteiger partial charge in [-0.15, -0.1) is 0 Å². The molecule has 8 heteroatoms. The molecule has 0 heterocycles. The van der Waals surface area contributed by atoms with E-state index in [0.29, 0.717) is 17.0 Å². The van der Waals surface area contributed by atoms with Gasteiger partial charge in [-0.05, 0) is 54.3 Å². The number of para-hydroxylation sites is 2. The van der Waals surface area contributed by atoms with E-state index in [1.165, 1.54) is 6.21 Å². The number of ether oxygens (including phenoxy) is 1. The van der Waals surface area contributed by atoms with Crippen LogP contribution in [0.1, 0.15) is 23.6 Å². The number of hydrazone groups is 1. The van der Waals surface area contributed by atoms with Crippen molar-refractivity contribution in [1.82, 2.24) is 5.43 Å². The Morgan fingerprint density at radius 3 is 2.38 bits per heavy atom. The van der Waals surface area contributed by atoms with Gasteiger partial charge in [0.05, 0.1) is 6.21 Å². The summed E-state index contributed by atoms with van der Waals surface area (Å²) in [6.45, 7) is 3.71. The van der Waals surface area contributed by atoms with Gasteiger partial charge in [-0.1, -0.05) is 55.5 Å². The Labute approximate surface area is 198 Å². The molecule has 8 nitrogen and oxygen atoms in total. The Morgan fingerprint density at radius 1 is 0.882 bits per heavy atom. The van der Waals surface area contributed by atoms with E-state index >= 15 is 0 Å². The first kappa shape index (κ1) is 24.2. The van der Waals surface area contributed by atoms with Crippen LogP contribution in [0.3, 0.4) is 0 Å². The van der Waals surface area contributed by atoms with Crippen LogP contribution >= 0.6 is 0 Å². The van der Waals surface area contributed by atoms with Gasteiger partial charge in [0.1, 0.15) is 5.75 Å². The topological polar surface area (TPSA) is 109 Å². The Morgan fingerprint density at radius 2 is 1.62 bits per heavy atom. The molecule has 0 aliphatic rings. The molecule has 0 aromatic heterocycles. The normalized spacial score (nSPS) is 10.5. The summed E-state index contributed by atoms with van der Waals surface area (Å²) in [7, 11) is 0. The van der Waals surface area contributed by atoms with E-state index in [4.69, 9.17) is 4.74 Å². The van der Waals surface area contributed by atoms with Crippen molar-refractivity contribution in [3.8, 4) is 5.75 Å². The average Bonchev–Trinajstić information content (AvgIpc) is 2.84. The van der Waals surface area contributed by atoms with Crippen molar-refractivity contribution in [2.75, 3.05) is 17.2 Å². The molecule has 34 heavy (non-hydrogen) atoms. The SMILES string of the molecule is CCc1ccccc1NC(=O)C(=O)N/N=C\c1cccc(OCC(=O)Nc2ccccc2C)c1. The van der Waals surface area contributed by atoms with Crippen LogP contribution in [0.25, 0.3) is 0 Å². The van der Waals surface area contributed by atoms with E-state index in [1.807, 2.05) is 50.2 Å². The van der Waals surface area contributed by atoms with Crippen molar-refractivity contribution in [2.24, 2.45) is 5.10 Å². The summed E-state index contributed by atoms with van der Waals surface area (Å²) in [5, 5.41) is 9.21. The Kier molecular flexibility index (Phi) is 8.51. The first-order valence-corrected chi connectivity index (χ1v) is 10.8. The minimum absolute atomic E-state index is 0.162. The average molecular weight is 459 g/mol. The molecular formula is C26H26N4O4. The van der Waals surface area contributed by atoms with Gasteiger partial charge in [-0.2, -0.15) is 5.10 Å². The third-order valence-electron chi connectivity index (χ3n) is 4.88. The second-order valence-electron chi connectivity index (χ2n) is 7.39. The maximum absolute atomic E-state index is 12.2. The smallest absolute Gasteiger partial charge is 0.329 e. The minimum atomic E-state index is -0.887.